The second-order valence-corrected chi connectivity index (χ2v) is 7.37. The lowest BCUT2D eigenvalue weighted by Crippen LogP contribution is -2.51. The van der Waals surface area contributed by atoms with Crippen LogP contribution in [0.1, 0.15) is 36.7 Å². The fourth-order valence-corrected chi connectivity index (χ4v) is 3.60. The lowest BCUT2D eigenvalue weighted by atomic mass is 10.1. The first kappa shape index (κ1) is 21.0. The van der Waals surface area contributed by atoms with Crippen molar-refractivity contribution in [3.8, 4) is 0 Å². The van der Waals surface area contributed by atoms with Crippen LogP contribution in [0.2, 0.25) is 0 Å². The van der Waals surface area contributed by atoms with Gasteiger partial charge in [0.15, 0.2) is 5.69 Å². The van der Waals surface area contributed by atoms with E-state index in [1.807, 2.05) is 17.0 Å². The number of carbonyl (C=O) groups is 2. The summed E-state index contributed by atoms with van der Waals surface area (Å²) in [5, 5.41) is 8.21. The monoisotopic (exact) mass is 399 g/mol. The van der Waals surface area contributed by atoms with Crippen LogP contribution in [0.15, 0.2) is 29.1 Å². The second kappa shape index (κ2) is 9.65. The van der Waals surface area contributed by atoms with Crippen LogP contribution in [-0.4, -0.2) is 71.2 Å². The zero-order valence-electron chi connectivity index (χ0n) is 17.2. The van der Waals surface area contributed by atoms with E-state index in [1.165, 1.54) is 4.68 Å². The molecule has 0 spiro atoms. The Morgan fingerprint density at radius 2 is 1.76 bits per heavy atom. The molecule has 29 heavy (non-hydrogen) atoms. The van der Waals surface area contributed by atoms with Gasteiger partial charge in [-0.05, 0) is 12.5 Å². The molecule has 2 heterocycles. The largest absolute Gasteiger partial charge is 0.358 e. The molecule has 8 nitrogen and oxygen atoms in total. The summed E-state index contributed by atoms with van der Waals surface area (Å²) >= 11 is 0. The minimum absolute atomic E-state index is 0.0309. The Balaban J connectivity index is 1.83. The maximum atomic E-state index is 13.2. The number of nitrogens with one attached hydrogen (secondary N) is 1. The van der Waals surface area contributed by atoms with Gasteiger partial charge in [0.05, 0.1) is 11.9 Å². The molecule has 1 N–H and O–H groups in total. The van der Waals surface area contributed by atoms with E-state index in [1.54, 1.807) is 24.1 Å². The number of amides is 2. The van der Waals surface area contributed by atoms with E-state index in [0.717, 1.165) is 19.3 Å². The van der Waals surface area contributed by atoms with Crippen LogP contribution in [-0.2, 0) is 11.3 Å². The van der Waals surface area contributed by atoms with E-state index >= 15 is 0 Å². The first-order valence-electron chi connectivity index (χ1n) is 10.3. The molecule has 156 valence electrons. The summed E-state index contributed by atoms with van der Waals surface area (Å²) in [6, 6.07) is 7.18. The number of hydrogen-bond acceptors (Lipinski definition) is 5. The summed E-state index contributed by atoms with van der Waals surface area (Å²) in [5.41, 5.74) is 0.181. The van der Waals surface area contributed by atoms with Gasteiger partial charge >= 0.3 is 0 Å². The standard InChI is InChI=1S/C21H29N5O3/c1-3-4-7-10-26-20(28)17-9-6-5-8-16(17)19(23-26)21(29)25-13-11-24(12-14-25)15-18(27)22-2/h5-6,8-9H,3-4,7,10-15H2,1-2H3,(H,22,27). The predicted molar refractivity (Wildman–Crippen MR) is 112 cm³/mol. The molecule has 0 saturated carbocycles. The van der Waals surface area contributed by atoms with E-state index in [0.29, 0.717) is 55.7 Å². The minimum Gasteiger partial charge on any atom is -0.358 e. The van der Waals surface area contributed by atoms with Gasteiger partial charge in [-0.3, -0.25) is 19.3 Å². The van der Waals surface area contributed by atoms with Crippen LogP contribution < -0.4 is 10.9 Å². The van der Waals surface area contributed by atoms with Crippen molar-refractivity contribution in [1.29, 1.82) is 0 Å². The molecule has 8 heteroatoms. The average Bonchev–Trinajstić information content (AvgIpc) is 2.75. The van der Waals surface area contributed by atoms with Crippen molar-refractivity contribution in [1.82, 2.24) is 24.9 Å². The van der Waals surface area contributed by atoms with Gasteiger partial charge in [-0.25, -0.2) is 4.68 Å². The van der Waals surface area contributed by atoms with Gasteiger partial charge < -0.3 is 10.2 Å². The first-order valence-corrected chi connectivity index (χ1v) is 10.3. The van der Waals surface area contributed by atoms with Crippen molar-refractivity contribution in [3.63, 3.8) is 0 Å². The van der Waals surface area contributed by atoms with E-state index in [9.17, 15) is 14.4 Å². The topological polar surface area (TPSA) is 87.5 Å². The molecule has 3 rings (SSSR count). The molecule has 2 aromatic rings. The van der Waals surface area contributed by atoms with Gasteiger partial charge in [-0.1, -0.05) is 38.0 Å². The molecule has 1 fully saturated rings. The van der Waals surface area contributed by atoms with Crippen molar-refractivity contribution in [3.05, 3.63) is 40.3 Å². The van der Waals surface area contributed by atoms with Gasteiger partial charge in [0.2, 0.25) is 5.91 Å². The second-order valence-electron chi connectivity index (χ2n) is 7.37. The third kappa shape index (κ3) is 4.82. The van der Waals surface area contributed by atoms with Gasteiger partial charge in [0.1, 0.15) is 0 Å². The summed E-state index contributed by atoms with van der Waals surface area (Å²) < 4.78 is 1.44. The van der Waals surface area contributed by atoms with Crippen molar-refractivity contribution in [2.75, 3.05) is 39.8 Å². The third-order valence-electron chi connectivity index (χ3n) is 5.35. The molecule has 2 amide bonds. The minimum atomic E-state index is -0.162. The SMILES string of the molecule is CCCCCn1nc(C(=O)N2CCN(CC(=O)NC)CC2)c2ccccc2c1=O. The fourth-order valence-electron chi connectivity index (χ4n) is 3.60. The number of nitrogens with zero attached hydrogens (tertiary/aromatic N) is 4. The van der Waals surface area contributed by atoms with Gasteiger partial charge in [0.25, 0.3) is 11.5 Å². The average molecular weight is 399 g/mol. The van der Waals surface area contributed by atoms with Crippen LogP contribution in [0.5, 0.6) is 0 Å². The highest BCUT2D eigenvalue weighted by molar-refractivity contribution is 6.04. The van der Waals surface area contributed by atoms with Crippen molar-refractivity contribution in [2.45, 2.75) is 32.7 Å². The fraction of sp³-hybridized carbons (Fsp3) is 0.524. The molecule has 1 aromatic carbocycles. The molecule has 0 aliphatic carbocycles. The van der Waals surface area contributed by atoms with Crippen molar-refractivity contribution < 1.29 is 9.59 Å². The zero-order chi connectivity index (χ0) is 20.8. The molecule has 0 radical (unpaired) electrons. The lowest BCUT2D eigenvalue weighted by molar-refractivity contribution is -0.122. The van der Waals surface area contributed by atoms with E-state index in [4.69, 9.17) is 0 Å². The van der Waals surface area contributed by atoms with Crippen molar-refractivity contribution in [2.24, 2.45) is 0 Å². The quantitative estimate of drug-likeness (QED) is 0.705. The lowest BCUT2D eigenvalue weighted by Gasteiger charge is -2.34. The Bertz CT molecular complexity index is 932. The van der Waals surface area contributed by atoms with Crippen LogP contribution >= 0.6 is 0 Å². The normalized spacial score (nSPS) is 14.9. The van der Waals surface area contributed by atoms with Crippen LogP contribution in [0.4, 0.5) is 0 Å². The van der Waals surface area contributed by atoms with Gasteiger partial charge in [-0.2, -0.15) is 5.10 Å². The van der Waals surface area contributed by atoms with Crippen LogP contribution in [0, 0.1) is 0 Å². The summed E-state index contributed by atoms with van der Waals surface area (Å²) in [5.74, 6) is -0.193. The van der Waals surface area contributed by atoms with E-state index < -0.39 is 0 Å². The Labute approximate surface area is 170 Å². The first-order chi connectivity index (χ1) is 14.0. The maximum absolute atomic E-state index is 13.2. The number of hydrogen-bond donors (Lipinski definition) is 1. The van der Waals surface area contributed by atoms with Crippen LogP contribution in [0.25, 0.3) is 10.8 Å². The van der Waals surface area contributed by atoms with Crippen LogP contribution in [0.3, 0.4) is 0 Å². The number of carbonyl (C=O) groups excluding carboxylic acids is 2. The molecule has 0 atom stereocenters. The molecule has 1 aromatic heterocycles. The zero-order valence-corrected chi connectivity index (χ0v) is 17.2. The number of aromatic nitrogens is 2. The highest BCUT2D eigenvalue weighted by atomic mass is 16.2. The third-order valence-corrected chi connectivity index (χ3v) is 5.35. The summed E-state index contributed by atoms with van der Waals surface area (Å²) in [6.45, 7) is 5.27. The molecular formula is C21H29N5O3. The molecule has 0 unspecified atom stereocenters. The number of fused-ring (bicyclic) bond motifs is 1. The maximum Gasteiger partial charge on any atom is 0.275 e. The number of piperazine rings is 1. The summed E-state index contributed by atoms with van der Waals surface area (Å²) in [6.07, 6.45) is 2.92. The smallest absolute Gasteiger partial charge is 0.275 e. The Kier molecular flexibility index (Phi) is 6.98. The summed E-state index contributed by atoms with van der Waals surface area (Å²) in [7, 11) is 1.62. The number of benzene rings is 1. The molecular weight excluding hydrogens is 370 g/mol. The highest BCUT2D eigenvalue weighted by Crippen LogP contribution is 2.16. The number of rotatable bonds is 7. The van der Waals surface area contributed by atoms with E-state index in [2.05, 4.69) is 17.3 Å². The van der Waals surface area contributed by atoms with Gasteiger partial charge in [0, 0.05) is 45.2 Å². The predicted octanol–water partition coefficient (Wildman–Crippen LogP) is 1.09. The van der Waals surface area contributed by atoms with Crippen molar-refractivity contribution >= 4 is 22.6 Å². The van der Waals surface area contributed by atoms with Gasteiger partial charge in [-0.15, -0.1) is 0 Å². The molecule has 1 aliphatic heterocycles. The Morgan fingerprint density at radius 1 is 1.07 bits per heavy atom. The number of aryl methyl sites for hydroxylation is 1. The highest BCUT2D eigenvalue weighted by Gasteiger charge is 2.26. The summed E-state index contributed by atoms with van der Waals surface area (Å²) in [4.78, 5) is 41.4. The number of unbranched alkanes of at least 4 members (excludes halogenated alkanes) is 2. The molecule has 1 aliphatic rings. The Hall–Kier alpha value is -2.74. The van der Waals surface area contributed by atoms with E-state index in [-0.39, 0.29) is 17.4 Å². The number of likely N-dealkylation sites (N-methyl/N-ethyl adjacent to an activating group) is 1. The molecule has 0 bridgehead atoms. The Morgan fingerprint density at radius 3 is 2.41 bits per heavy atom. The molecule has 1 saturated heterocycles.